The lowest BCUT2D eigenvalue weighted by Gasteiger charge is -2.34. The number of fused-ring (bicyclic) bond motifs is 1. The van der Waals surface area contributed by atoms with E-state index in [4.69, 9.17) is 28.2 Å². The number of carbonyl (C=O) groups is 1. The summed E-state index contributed by atoms with van der Waals surface area (Å²) < 4.78 is 2.16. The maximum atomic E-state index is 11.7. The fourth-order valence-electron chi connectivity index (χ4n) is 4.09. The van der Waals surface area contributed by atoms with Gasteiger partial charge in [-0.1, -0.05) is 23.2 Å². The third kappa shape index (κ3) is 3.80. The Balaban J connectivity index is 1.55. The Bertz CT molecular complexity index is 1120. The fraction of sp³-hybridized carbons (Fsp3) is 0.409. The molecule has 8 heteroatoms. The van der Waals surface area contributed by atoms with Gasteiger partial charge in [0.25, 0.3) is 0 Å². The molecule has 6 nitrogen and oxygen atoms in total. The van der Waals surface area contributed by atoms with Crippen molar-refractivity contribution in [3.05, 3.63) is 52.0 Å². The molecule has 1 aliphatic heterocycles. The van der Waals surface area contributed by atoms with Crippen LogP contribution >= 0.6 is 23.2 Å². The van der Waals surface area contributed by atoms with Gasteiger partial charge in [0, 0.05) is 62.3 Å². The number of benzene rings is 1. The third-order valence-electron chi connectivity index (χ3n) is 6.00. The van der Waals surface area contributed by atoms with Crippen LogP contribution in [0.15, 0.2) is 30.6 Å². The van der Waals surface area contributed by atoms with Crippen LogP contribution in [0, 0.1) is 0 Å². The Hall–Kier alpha value is -2.15. The van der Waals surface area contributed by atoms with Crippen LogP contribution in [0.4, 0.5) is 0 Å². The molecule has 2 aromatic heterocycles. The molecule has 3 aromatic rings. The molecule has 0 bridgehead atoms. The van der Waals surface area contributed by atoms with E-state index in [0.29, 0.717) is 16.0 Å². The highest BCUT2D eigenvalue weighted by Crippen LogP contribution is 2.39. The van der Waals surface area contributed by atoms with Crippen LogP contribution in [0.2, 0.25) is 10.0 Å². The molecule has 0 radical (unpaired) electrons. The number of hydrogen-bond donors (Lipinski definition) is 0. The summed E-state index contributed by atoms with van der Waals surface area (Å²) in [4.78, 5) is 25.5. The van der Waals surface area contributed by atoms with Crippen molar-refractivity contribution in [1.29, 1.82) is 0 Å². The smallest absolute Gasteiger partial charge is 0.219 e. The van der Waals surface area contributed by atoms with Gasteiger partial charge in [0.1, 0.15) is 0 Å². The molecule has 1 aromatic carbocycles. The van der Waals surface area contributed by atoms with Crippen molar-refractivity contribution in [2.75, 3.05) is 26.2 Å². The van der Waals surface area contributed by atoms with E-state index in [9.17, 15) is 4.79 Å². The first-order valence-electron chi connectivity index (χ1n) is 10.3. The highest BCUT2D eigenvalue weighted by Gasteiger charge is 2.27. The Morgan fingerprint density at radius 1 is 1.17 bits per heavy atom. The van der Waals surface area contributed by atoms with E-state index in [1.807, 2.05) is 23.2 Å². The van der Waals surface area contributed by atoms with Crippen LogP contribution in [0.1, 0.15) is 37.1 Å². The maximum Gasteiger partial charge on any atom is 0.219 e. The Morgan fingerprint density at radius 3 is 2.60 bits per heavy atom. The summed E-state index contributed by atoms with van der Waals surface area (Å²) in [6.07, 6.45) is 6.39. The summed E-state index contributed by atoms with van der Waals surface area (Å²) in [5.41, 5.74) is 4.76. The average Bonchev–Trinajstić information content (AvgIpc) is 3.52. The zero-order valence-electron chi connectivity index (χ0n) is 16.8. The van der Waals surface area contributed by atoms with Gasteiger partial charge in [0.2, 0.25) is 5.91 Å². The molecule has 1 amide bonds. The van der Waals surface area contributed by atoms with Crippen molar-refractivity contribution >= 4 is 34.8 Å². The summed E-state index contributed by atoms with van der Waals surface area (Å²) in [5.74, 6) is 0.699. The van der Waals surface area contributed by atoms with Gasteiger partial charge in [-0.05, 0) is 31.0 Å². The minimum atomic E-state index is 0.137. The molecule has 1 aliphatic carbocycles. The first-order chi connectivity index (χ1) is 14.5. The standard InChI is InChI=1S/C22H23Cl2N5O/c1-14(30)28-8-6-27(7-9-28)13-20-22(17-5-4-16(23)10-18(17)24)26-21-11-25-19(12-29(20)21)15-2-3-15/h4-5,10-12,15H,2-3,6-9,13H2,1H3. The third-order valence-corrected chi connectivity index (χ3v) is 6.55. The molecule has 0 N–H and O–H groups in total. The maximum absolute atomic E-state index is 11.7. The summed E-state index contributed by atoms with van der Waals surface area (Å²) in [6, 6.07) is 5.53. The predicted molar refractivity (Wildman–Crippen MR) is 118 cm³/mol. The second-order valence-corrected chi connectivity index (χ2v) is 8.97. The number of carbonyl (C=O) groups excluding carboxylic acids is 1. The van der Waals surface area contributed by atoms with Gasteiger partial charge in [0.15, 0.2) is 5.65 Å². The largest absolute Gasteiger partial charge is 0.340 e. The first kappa shape index (κ1) is 19.8. The number of hydrogen-bond acceptors (Lipinski definition) is 4. The molecular weight excluding hydrogens is 421 g/mol. The van der Waals surface area contributed by atoms with Crippen LogP contribution in [-0.4, -0.2) is 56.3 Å². The quantitative estimate of drug-likeness (QED) is 0.604. The number of rotatable bonds is 4. The first-order valence-corrected chi connectivity index (χ1v) is 11.1. The molecule has 30 heavy (non-hydrogen) atoms. The van der Waals surface area contributed by atoms with Gasteiger partial charge in [-0.3, -0.25) is 19.1 Å². The van der Waals surface area contributed by atoms with Gasteiger partial charge in [-0.2, -0.15) is 0 Å². The van der Waals surface area contributed by atoms with Crippen LogP contribution in [-0.2, 0) is 11.3 Å². The summed E-state index contributed by atoms with van der Waals surface area (Å²) in [6.45, 7) is 5.53. The van der Waals surface area contributed by atoms with Crippen LogP contribution in [0.3, 0.4) is 0 Å². The predicted octanol–water partition coefficient (Wildman–Crippen LogP) is 4.24. The second-order valence-electron chi connectivity index (χ2n) is 8.13. The molecule has 1 saturated heterocycles. The van der Waals surface area contributed by atoms with Crippen LogP contribution in [0.5, 0.6) is 0 Å². The molecule has 2 aliphatic rings. The number of imidazole rings is 1. The molecule has 1 saturated carbocycles. The molecule has 0 unspecified atom stereocenters. The number of aromatic nitrogens is 3. The molecule has 5 rings (SSSR count). The SMILES string of the molecule is CC(=O)N1CCN(Cc2c(-c3ccc(Cl)cc3Cl)nc3cnc(C4CC4)cn23)CC1. The molecule has 0 spiro atoms. The molecular formula is C22H23Cl2N5O. The minimum absolute atomic E-state index is 0.137. The van der Waals surface area contributed by atoms with E-state index in [1.165, 1.54) is 12.8 Å². The van der Waals surface area contributed by atoms with E-state index < -0.39 is 0 Å². The Labute approximate surface area is 185 Å². The van der Waals surface area contributed by atoms with E-state index in [2.05, 4.69) is 20.5 Å². The minimum Gasteiger partial charge on any atom is -0.340 e. The van der Waals surface area contributed by atoms with Gasteiger partial charge >= 0.3 is 0 Å². The molecule has 3 heterocycles. The number of nitrogens with zero attached hydrogens (tertiary/aromatic N) is 5. The van der Waals surface area contributed by atoms with Crippen molar-refractivity contribution in [1.82, 2.24) is 24.2 Å². The lowest BCUT2D eigenvalue weighted by atomic mass is 10.1. The van der Waals surface area contributed by atoms with Gasteiger partial charge < -0.3 is 4.90 Å². The highest BCUT2D eigenvalue weighted by molar-refractivity contribution is 6.36. The topological polar surface area (TPSA) is 53.7 Å². The van der Waals surface area contributed by atoms with E-state index >= 15 is 0 Å². The van der Waals surface area contributed by atoms with Gasteiger partial charge in [-0.15, -0.1) is 0 Å². The Morgan fingerprint density at radius 2 is 1.93 bits per heavy atom. The summed E-state index contributed by atoms with van der Waals surface area (Å²) >= 11 is 12.7. The van der Waals surface area contributed by atoms with Crippen LogP contribution in [0.25, 0.3) is 16.9 Å². The lowest BCUT2D eigenvalue weighted by Crippen LogP contribution is -2.47. The molecule has 2 fully saturated rings. The Kier molecular flexibility index (Phi) is 5.17. The van der Waals surface area contributed by atoms with Crippen molar-refractivity contribution in [2.24, 2.45) is 0 Å². The van der Waals surface area contributed by atoms with Gasteiger partial charge in [0.05, 0.1) is 28.3 Å². The summed E-state index contributed by atoms with van der Waals surface area (Å²) in [5, 5.41) is 1.19. The number of halogens is 2. The number of piperazine rings is 1. The van der Waals surface area contributed by atoms with E-state index in [0.717, 1.165) is 61.0 Å². The van der Waals surface area contributed by atoms with E-state index in [1.54, 1.807) is 13.0 Å². The van der Waals surface area contributed by atoms with Crippen molar-refractivity contribution in [3.8, 4) is 11.3 Å². The van der Waals surface area contributed by atoms with Crippen molar-refractivity contribution < 1.29 is 4.79 Å². The average molecular weight is 444 g/mol. The zero-order valence-corrected chi connectivity index (χ0v) is 18.3. The lowest BCUT2D eigenvalue weighted by molar-refractivity contribution is -0.130. The normalized spacial score (nSPS) is 17.6. The fourth-order valence-corrected chi connectivity index (χ4v) is 4.59. The van der Waals surface area contributed by atoms with Crippen LogP contribution < -0.4 is 0 Å². The molecule has 0 atom stereocenters. The molecule has 156 valence electrons. The summed E-state index contributed by atoms with van der Waals surface area (Å²) in [7, 11) is 0. The monoisotopic (exact) mass is 443 g/mol. The zero-order chi connectivity index (χ0) is 20.8. The van der Waals surface area contributed by atoms with Crippen molar-refractivity contribution in [2.45, 2.75) is 32.2 Å². The van der Waals surface area contributed by atoms with E-state index in [-0.39, 0.29) is 5.91 Å². The van der Waals surface area contributed by atoms with Crippen molar-refractivity contribution in [3.63, 3.8) is 0 Å². The van der Waals surface area contributed by atoms with Gasteiger partial charge in [-0.25, -0.2) is 4.98 Å². The highest BCUT2D eigenvalue weighted by atomic mass is 35.5. The second kappa shape index (κ2) is 7.84. The number of amides is 1.